The molecule has 0 N–H and O–H groups in total. The summed E-state index contributed by atoms with van der Waals surface area (Å²) in [7, 11) is 3.43. The Morgan fingerprint density at radius 1 is 1.33 bits per heavy atom. The minimum Gasteiger partial charge on any atom is -0.497 e. The lowest BCUT2D eigenvalue weighted by Gasteiger charge is -2.20. The van der Waals surface area contributed by atoms with Gasteiger partial charge in [0.15, 0.2) is 5.69 Å². The number of amides is 1. The molecule has 0 aliphatic carbocycles. The van der Waals surface area contributed by atoms with Gasteiger partial charge in [0.05, 0.1) is 7.11 Å². The average Bonchev–Trinajstić information content (AvgIpc) is 3.01. The fraction of sp³-hybridized carbons (Fsp3) is 0.375. The van der Waals surface area contributed by atoms with Crippen molar-refractivity contribution in [1.82, 2.24) is 10.1 Å². The molecule has 1 unspecified atom stereocenters. The van der Waals surface area contributed by atoms with E-state index in [1.165, 1.54) is 11.8 Å². The molecule has 2 aromatic rings. The van der Waals surface area contributed by atoms with Crippen LogP contribution >= 0.6 is 0 Å². The van der Waals surface area contributed by atoms with E-state index in [2.05, 4.69) is 24.2 Å². The third-order valence-corrected chi connectivity index (χ3v) is 3.33. The Morgan fingerprint density at radius 3 is 2.62 bits per heavy atom. The zero-order valence-electron chi connectivity index (χ0n) is 12.6. The molecule has 1 heterocycles. The van der Waals surface area contributed by atoms with E-state index in [1.54, 1.807) is 25.1 Å². The molecule has 0 fully saturated rings. The number of ether oxygens (including phenoxy) is 1. The lowest BCUT2D eigenvalue weighted by Crippen LogP contribution is -2.31. The molecule has 21 heavy (non-hydrogen) atoms. The van der Waals surface area contributed by atoms with E-state index < -0.39 is 0 Å². The van der Waals surface area contributed by atoms with Crippen LogP contribution in [-0.4, -0.2) is 36.7 Å². The van der Waals surface area contributed by atoms with Crippen LogP contribution in [0, 0.1) is 5.92 Å². The molecule has 0 saturated carbocycles. The van der Waals surface area contributed by atoms with Crippen molar-refractivity contribution in [2.45, 2.75) is 13.3 Å². The van der Waals surface area contributed by atoms with E-state index in [1.807, 2.05) is 12.1 Å². The van der Waals surface area contributed by atoms with Gasteiger partial charge >= 0.3 is 0 Å². The van der Waals surface area contributed by atoms with Crippen LogP contribution in [0.1, 0.15) is 23.0 Å². The van der Waals surface area contributed by atoms with Crippen LogP contribution in [0.4, 0.5) is 0 Å². The lowest BCUT2D eigenvalue weighted by molar-refractivity contribution is 0.0765. The van der Waals surface area contributed by atoms with E-state index >= 15 is 0 Å². The lowest BCUT2D eigenvalue weighted by atomic mass is 10.0. The Hall–Kier alpha value is -2.30. The molecule has 0 radical (unpaired) electrons. The van der Waals surface area contributed by atoms with Gasteiger partial charge in [0.25, 0.3) is 5.91 Å². The van der Waals surface area contributed by atoms with Crippen LogP contribution < -0.4 is 4.74 Å². The highest BCUT2D eigenvalue weighted by Gasteiger charge is 2.17. The number of benzene rings is 1. The average molecular weight is 288 g/mol. The second kappa shape index (κ2) is 6.92. The van der Waals surface area contributed by atoms with Crippen molar-refractivity contribution in [1.29, 1.82) is 0 Å². The molecule has 0 saturated heterocycles. The SMILES string of the molecule is COc1ccc(CC(C)CN(C)C(=O)c2ccon2)cc1. The van der Waals surface area contributed by atoms with Gasteiger partial charge in [-0.25, -0.2) is 0 Å². The van der Waals surface area contributed by atoms with Gasteiger partial charge in [-0.15, -0.1) is 0 Å². The highest BCUT2D eigenvalue weighted by molar-refractivity contribution is 5.91. The molecule has 0 bridgehead atoms. The van der Waals surface area contributed by atoms with Crippen molar-refractivity contribution >= 4 is 5.91 Å². The molecule has 1 aromatic heterocycles. The van der Waals surface area contributed by atoms with Gasteiger partial charge in [0.1, 0.15) is 12.0 Å². The molecule has 5 heteroatoms. The van der Waals surface area contributed by atoms with Gasteiger partial charge < -0.3 is 14.2 Å². The molecule has 1 aromatic carbocycles. The maximum atomic E-state index is 12.1. The normalized spacial score (nSPS) is 12.0. The predicted molar refractivity (Wildman–Crippen MR) is 79.3 cm³/mol. The first kappa shape index (κ1) is 15.1. The molecule has 0 aliphatic rings. The van der Waals surface area contributed by atoms with Gasteiger partial charge in [-0.1, -0.05) is 24.2 Å². The first-order valence-electron chi connectivity index (χ1n) is 6.89. The summed E-state index contributed by atoms with van der Waals surface area (Å²) in [6, 6.07) is 9.58. The zero-order valence-corrected chi connectivity index (χ0v) is 12.6. The van der Waals surface area contributed by atoms with Gasteiger partial charge in [-0.05, 0) is 30.0 Å². The molecule has 0 spiro atoms. The summed E-state index contributed by atoms with van der Waals surface area (Å²) in [4.78, 5) is 13.7. The van der Waals surface area contributed by atoms with Crippen molar-refractivity contribution in [2.24, 2.45) is 5.92 Å². The molecule has 1 atom stereocenters. The van der Waals surface area contributed by atoms with Crippen molar-refractivity contribution in [3.63, 3.8) is 0 Å². The predicted octanol–water partition coefficient (Wildman–Crippen LogP) is 2.63. The zero-order chi connectivity index (χ0) is 15.2. The second-order valence-corrected chi connectivity index (χ2v) is 5.23. The number of carbonyl (C=O) groups excluding carboxylic acids is 1. The van der Waals surface area contributed by atoms with Crippen molar-refractivity contribution in [3.05, 3.63) is 47.9 Å². The third-order valence-electron chi connectivity index (χ3n) is 3.33. The summed E-state index contributed by atoms with van der Waals surface area (Å²) in [5, 5.41) is 3.67. The van der Waals surface area contributed by atoms with Gasteiger partial charge in [-0.2, -0.15) is 0 Å². The fourth-order valence-electron chi connectivity index (χ4n) is 2.30. The summed E-state index contributed by atoms with van der Waals surface area (Å²) in [5.41, 5.74) is 1.57. The summed E-state index contributed by atoms with van der Waals surface area (Å²) in [5.74, 6) is 1.08. The molecular formula is C16H20N2O3. The van der Waals surface area contributed by atoms with Crippen LogP contribution in [0.3, 0.4) is 0 Å². The smallest absolute Gasteiger partial charge is 0.275 e. The number of hydrogen-bond acceptors (Lipinski definition) is 4. The molecule has 0 aliphatic heterocycles. The maximum Gasteiger partial charge on any atom is 0.275 e. The number of rotatable bonds is 6. The summed E-state index contributed by atoms with van der Waals surface area (Å²) in [6.07, 6.45) is 2.31. The van der Waals surface area contributed by atoms with Crippen molar-refractivity contribution in [3.8, 4) is 5.75 Å². The minimum atomic E-state index is -0.120. The summed E-state index contributed by atoms with van der Waals surface area (Å²) < 4.78 is 9.84. The van der Waals surface area contributed by atoms with Crippen LogP contribution in [-0.2, 0) is 6.42 Å². The highest BCUT2D eigenvalue weighted by atomic mass is 16.5. The molecule has 5 nitrogen and oxygen atoms in total. The van der Waals surface area contributed by atoms with Crippen LogP contribution in [0.25, 0.3) is 0 Å². The number of carbonyl (C=O) groups is 1. The Bertz CT molecular complexity index is 564. The maximum absolute atomic E-state index is 12.1. The van der Waals surface area contributed by atoms with E-state index in [9.17, 15) is 4.79 Å². The second-order valence-electron chi connectivity index (χ2n) is 5.23. The minimum absolute atomic E-state index is 0.120. The van der Waals surface area contributed by atoms with E-state index in [4.69, 9.17) is 9.26 Å². The van der Waals surface area contributed by atoms with Crippen LogP contribution in [0.5, 0.6) is 5.75 Å². The van der Waals surface area contributed by atoms with Crippen LogP contribution in [0.2, 0.25) is 0 Å². The fourth-order valence-corrected chi connectivity index (χ4v) is 2.30. The Morgan fingerprint density at radius 2 is 2.05 bits per heavy atom. The number of aromatic nitrogens is 1. The first-order valence-corrected chi connectivity index (χ1v) is 6.89. The van der Waals surface area contributed by atoms with Gasteiger partial charge in [0.2, 0.25) is 0 Å². The van der Waals surface area contributed by atoms with E-state index in [-0.39, 0.29) is 5.91 Å². The number of methoxy groups -OCH3 is 1. The first-order chi connectivity index (χ1) is 10.1. The monoisotopic (exact) mass is 288 g/mol. The third kappa shape index (κ3) is 4.08. The molecule has 1 amide bonds. The van der Waals surface area contributed by atoms with Crippen LogP contribution in [0.15, 0.2) is 41.1 Å². The Kier molecular flexibility index (Phi) is 4.98. The number of hydrogen-bond donors (Lipinski definition) is 0. The molecule has 112 valence electrons. The topological polar surface area (TPSA) is 55.6 Å². The highest BCUT2D eigenvalue weighted by Crippen LogP contribution is 2.15. The Balaban J connectivity index is 1.88. The number of nitrogens with zero attached hydrogens (tertiary/aromatic N) is 2. The Labute approximate surface area is 124 Å². The molecular weight excluding hydrogens is 268 g/mol. The van der Waals surface area contributed by atoms with E-state index in [0.29, 0.717) is 18.2 Å². The van der Waals surface area contributed by atoms with Gasteiger partial charge in [0, 0.05) is 19.7 Å². The quantitative estimate of drug-likeness (QED) is 0.820. The molecule has 2 rings (SSSR count). The largest absolute Gasteiger partial charge is 0.497 e. The standard InChI is InChI=1S/C16H20N2O3/c1-12(10-13-4-6-14(20-3)7-5-13)11-18(2)16(19)15-8-9-21-17-15/h4-9,12H,10-11H2,1-3H3. The van der Waals surface area contributed by atoms with Crippen molar-refractivity contribution < 1.29 is 14.1 Å². The summed E-state index contributed by atoms with van der Waals surface area (Å²) >= 11 is 0. The van der Waals surface area contributed by atoms with Gasteiger partial charge in [-0.3, -0.25) is 4.79 Å². The summed E-state index contributed by atoms with van der Waals surface area (Å²) in [6.45, 7) is 2.79. The van der Waals surface area contributed by atoms with E-state index in [0.717, 1.165) is 12.2 Å². The van der Waals surface area contributed by atoms with Crippen molar-refractivity contribution in [2.75, 3.05) is 20.7 Å².